The molecule has 1 saturated carbocycles. The fourth-order valence-corrected chi connectivity index (χ4v) is 1.51. The van der Waals surface area contributed by atoms with Crippen molar-refractivity contribution in [2.75, 3.05) is 7.11 Å². The highest BCUT2D eigenvalue weighted by molar-refractivity contribution is 5.34. The Labute approximate surface area is 76.5 Å². The van der Waals surface area contributed by atoms with Crippen molar-refractivity contribution in [3.05, 3.63) is 29.6 Å². The van der Waals surface area contributed by atoms with Crippen molar-refractivity contribution < 1.29 is 9.13 Å². The largest absolute Gasteiger partial charge is 0.494 e. The summed E-state index contributed by atoms with van der Waals surface area (Å²) in [6.45, 7) is 0. The summed E-state index contributed by atoms with van der Waals surface area (Å²) in [4.78, 5) is 0. The van der Waals surface area contributed by atoms with Gasteiger partial charge in [0.1, 0.15) is 0 Å². The molecule has 2 atom stereocenters. The third kappa shape index (κ3) is 1.52. The van der Waals surface area contributed by atoms with Crippen LogP contribution in [0.2, 0.25) is 0 Å². The van der Waals surface area contributed by atoms with Gasteiger partial charge in [-0.15, -0.1) is 0 Å². The van der Waals surface area contributed by atoms with Crippen LogP contribution in [0.15, 0.2) is 18.2 Å². The van der Waals surface area contributed by atoms with Crippen molar-refractivity contribution in [3.63, 3.8) is 0 Å². The third-order valence-electron chi connectivity index (χ3n) is 2.44. The van der Waals surface area contributed by atoms with Gasteiger partial charge in [0.2, 0.25) is 0 Å². The lowest BCUT2D eigenvalue weighted by atomic mass is 10.1. The van der Waals surface area contributed by atoms with E-state index < -0.39 is 0 Å². The predicted molar refractivity (Wildman–Crippen MR) is 48.3 cm³/mol. The predicted octanol–water partition coefficient (Wildman–Crippen LogP) is 1.65. The van der Waals surface area contributed by atoms with Gasteiger partial charge >= 0.3 is 0 Å². The van der Waals surface area contributed by atoms with E-state index >= 15 is 0 Å². The Morgan fingerprint density at radius 1 is 1.54 bits per heavy atom. The third-order valence-corrected chi connectivity index (χ3v) is 2.44. The molecule has 0 saturated heterocycles. The first-order chi connectivity index (χ1) is 6.22. The van der Waals surface area contributed by atoms with Crippen LogP contribution >= 0.6 is 0 Å². The summed E-state index contributed by atoms with van der Waals surface area (Å²) in [5, 5.41) is 0. The van der Waals surface area contributed by atoms with Crippen LogP contribution < -0.4 is 10.5 Å². The SMILES string of the molecule is COc1ccc([C@@H]2C[C@H]2N)cc1F. The molecule has 13 heavy (non-hydrogen) atoms. The molecule has 1 fully saturated rings. The number of methoxy groups -OCH3 is 1. The van der Waals surface area contributed by atoms with Crippen molar-refractivity contribution in [1.29, 1.82) is 0 Å². The second-order valence-corrected chi connectivity index (χ2v) is 3.40. The molecule has 2 rings (SSSR count). The Bertz CT molecular complexity index is 327. The van der Waals surface area contributed by atoms with Crippen molar-refractivity contribution in [1.82, 2.24) is 0 Å². The standard InChI is InChI=1S/C10H12FNO/c1-13-10-3-2-6(4-8(10)11)7-5-9(7)12/h2-4,7,9H,5,12H2,1H3/t7-,9+/m0/s1. The maximum absolute atomic E-state index is 13.2. The van der Waals surface area contributed by atoms with Gasteiger partial charge in [-0.1, -0.05) is 6.07 Å². The van der Waals surface area contributed by atoms with Gasteiger partial charge in [-0.3, -0.25) is 0 Å². The zero-order chi connectivity index (χ0) is 9.42. The molecular formula is C10H12FNO. The van der Waals surface area contributed by atoms with Crippen LogP contribution in [0, 0.1) is 5.82 Å². The molecule has 1 aliphatic rings. The lowest BCUT2D eigenvalue weighted by molar-refractivity contribution is 0.386. The number of halogens is 1. The lowest BCUT2D eigenvalue weighted by Crippen LogP contribution is -2.01. The summed E-state index contributed by atoms with van der Waals surface area (Å²) >= 11 is 0. The Balaban J connectivity index is 2.25. The van der Waals surface area contributed by atoms with Crippen LogP contribution in [0.1, 0.15) is 17.9 Å². The van der Waals surface area contributed by atoms with Crippen LogP contribution in [0.25, 0.3) is 0 Å². The Kier molecular flexibility index (Phi) is 1.96. The maximum atomic E-state index is 13.2. The molecule has 0 heterocycles. The smallest absolute Gasteiger partial charge is 0.165 e. The van der Waals surface area contributed by atoms with E-state index in [0.717, 1.165) is 12.0 Å². The minimum absolute atomic E-state index is 0.216. The van der Waals surface area contributed by atoms with Gasteiger partial charge in [0, 0.05) is 12.0 Å². The molecule has 1 aromatic carbocycles. The average Bonchev–Trinajstić information content (AvgIpc) is 2.82. The molecule has 0 radical (unpaired) electrons. The minimum atomic E-state index is -0.306. The van der Waals surface area contributed by atoms with Crippen LogP contribution in [0.3, 0.4) is 0 Å². The topological polar surface area (TPSA) is 35.2 Å². The quantitative estimate of drug-likeness (QED) is 0.752. The molecule has 3 heteroatoms. The molecule has 0 aliphatic heterocycles. The molecule has 0 spiro atoms. The van der Waals surface area contributed by atoms with Gasteiger partial charge < -0.3 is 10.5 Å². The maximum Gasteiger partial charge on any atom is 0.165 e. The number of ether oxygens (including phenoxy) is 1. The van der Waals surface area contributed by atoms with Gasteiger partial charge in [0.25, 0.3) is 0 Å². The van der Waals surface area contributed by atoms with Crippen molar-refractivity contribution in [2.45, 2.75) is 18.4 Å². The Morgan fingerprint density at radius 3 is 2.69 bits per heavy atom. The molecule has 1 aromatic rings. The summed E-state index contributed by atoms with van der Waals surface area (Å²) in [6.07, 6.45) is 0.964. The molecule has 0 bridgehead atoms. The highest BCUT2D eigenvalue weighted by Gasteiger charge is 2.35. The van der Waals surface area contributed by atoms with Gasteiger partial charge in [-0.25, -0.2) is 4.39 Å². The van der Waals surface area contributed by atoms with E-state index in [2.05, 4.69) is 0 Å². The van der Waals surface area contributed by atoms with E-state index in [1.807, 2.05) is 6.07 Å². The second kappa shape index (κ2) is 3.00. The first-order valence-electron chi connectivity index (χ1n) is 4.31. The van der Waals surface area contributed by atoms with E-state index in [0.29, 0.717) is 5.92 Å². The molecular weight excluding hydrogens is 169 g/mol. The molecule has 2 N–H and O–H groups in total. The normalized spacial score (nSPS) is 25.8. The number of nitrogens with two attached hydrogens (primary N) is 1. The number of hydrogen-bond acceptors (Lipinski definition) is 2. The van der Waals surface area contributed by atoms with Crippen molar-refractivity contribution in [2.24, 2.45) is 5.73 Å². The molecule has 0 unspecified atom stereocenters. The van der Waals surface area contributed by atoms with Gasteiger partial charge in [-0.2, -0.15) is 0 Å². The zero-order valence-corrected chi connectivity index (χ0v) is 7.46. The second-order valence-electron chi connectivity index (χ2n) is 3.40. The fourth-order valence-electron chi connectivity index (χ4n) is 1.51. The summed E-state index contributed by atoms with van der Waals surface area (Å²) < 4.78 is 18.0. The summed E-state index contributed by atoms with van der Waals surface area (Å²) in [6, 6.07) is 5.25. The minimum Gasteiger partial charge on any atom is -0.494 e. The van der Waals surface area contributed by atoms with Gasteiger partial charge in [-0.05, 0) is 24.1 Å². The van der Waals surface area contributed by atoms with Gasteiger partial charge in [0.15, 0.2) is 11.6 Å². The molecule has 2 nitrogen and oxygen atoms in total. The zero-order valence-electron chi connectivity index (χ0n) is 7.46. The van der Waals surface area contributed by atoms with E-state index in [1.54, 1.807) is 6.07 Å². The van der Waals surface area contributed by atoms with Crippen molar-refractivity contribution >= 4 is 0 Å². The summed E-state index contributed by atoms with van der Waals surface area (Å²) in [5.41, 5.74) is 6.64. The molecule has 0 amide bonds. The Morgan fingerprint density at radius 2 is 2.23 bits per heavy atom. The summed E-state index contributed by atoms with van der Waals surface area (Å²) in [7, 11) is 1.46. The van der Waals surface area contributed by atoms with Crippen LogP contribution in [-0.4, -0.2) is 13.2 Å². The van der Waals surface area contributed by atoms with Gasteiger partial charge in [0.05, 0.1) is 7.11 Å². The van der Waals surface area contributed by atoms with Crippen LogP contribution in [0.5, 0.6) is 5.75 Å². The molecule has 0 aromatic heterocycles. The van der Waals surface area contributed by atoms with E-state index in [9.17, 15) is 4.39 Å². The highest BCUT2D eigenvalue weighted by atomic mass is 19.1. The van der Waals surface area contributed by atoms with E-state index in [-0.39, 0.29) is 17.6 Å². The number of rotatable bonds is 2. The monoisotopic (exact) mass is 181 g/mol. The summed E-state index contributed by atoms with van der Waals surface area (Å²) in [5.74, 6) is 0.331. The van der Waals surface area contributed by atoms with Crippen LogP contribution in [-0.2, 0) is 0 Å². The first-order valence-corrected chi connectivity index (χ1v) is 4.31. The molecule has 1 aliphatic carbocycles. The average molecular weight is 181 g/mol. The number of hydrogen-bond donors (Lipinski definition) is 1. The Hall–Kier alpha value is -1.09. The number of benzene rings is 1. The lowest BCUT2D eigenvalue weighted by Gasteiger charge is -2.03. The first kappa shape index (κ1) is 8.51. The fraction of sp³-hybridized carbons (Fsp3) is 0.400. The van der Waals surface area contributed by atoms with Crippen molar-refractivity contribution in [3.8, 4) is 5.75 Å². The highest BCUT2D eigenvalue weighted by Crippen LogP contribution is 2.39. The van der Waals surface area contributed by atoms with Crippen LogP contribution in [0.4, 0.5) is 4.39 Å². The molecule has 70 valence electrons. The van der Waals surface area contributed by atoms with E-state index in [4.69, 9.17) is 10.5 Å². The van der Waals surface area contributed by atoms with E-state index in [1.165, 1.54) is 13.2 Å².